The fourth-order valence-electron chi connectivity index (χ4n) is 0.634. The summed E-state index contributed by atoms with van der Waals surface area (Å²) >= 11 is 1.68. The highest BCUT2D eigenvalue weighted by Crippen LogP contribution is 2.05. The smallest absolute Gasteiger partial charge is 0.155 e. The molecule has 0 aromatic rings. The molecule has 0 aromatic carbocycles. The molecule has 0 unspecified atom stereocenters. The van der Waals surface area contributed by atoms with E-state index in [1.54, 1.807) is 25.6 Å². The lowest BCUT2D eigenvalue weighted by Crippen LogP contribution is -1.91. The van der Waals surface area contributed by atoms with Crippen LogP contribution < -0.4 is 0 Å². The summed E-state index contributed by atoms with van der Waals surface area (Å²) in [5.74, 6) is 1.74. The summed E-state index contributed by atoms with van der Waals surface area (Å²) in [5, 5.41) is 0. The number of carbonyl (C=O) groups excluding carboxylic acids is 2. The van der Waals surface area contributed by atoms with E-state index in [1.807, 2.05) is 19.1 Å². The van der Waals surface area contributed by atoms with Crippen LogP contribution in [0.4, 0.5) is 0 Å². The minimum Gasteiger partial charge on any atom is -0.298 e. The third-order valence-electron chi connectivity index (χ3n) is 1.77. The largest absolute Gasteiger partial charge is 0.298 e. The molecular formula is C11H16O2S. The van der Waals surface area contributed by atoms with E-state index in [2.05, 4.69) is 0 Å². The second-order valence-electron chi connectivity index (χ2n) is 3.05. The molecule has 2 nitrogen and oxygen atoms in total. The highest BCUT2D eigenvalue weighted by molar-refractivity contribution is 7.99. The molecule has 0 saturated carbocycles. The average Bonchev–Trinajstić information content (AvgIpc) is 2.16. The third-order valence-corrected chi connectivity index (χ3v) is 2.58. The lowest BCUT2D eigenvalue weighted by Gasteiger charge is -1.95. The van der Waals surface area contributed by atoms with E-state index in [4.69, 9.17) is 0 Å². The lowest BCUT2D eigenvalue weighted by atomic mass is 10.2. The topological polar surface area (TPSA) is 34.1 Å². The van der Waals surface area contributed by atoms with Gasteiger partial charge in [-0.2, -0.15) is 11.8 Å². The van der Waals surface area contributed by atoms with E-state index in [-0.39, 0.29) is 5.78 Å². The van der Waals surface area contributed by atoms with Gasteiger partial charge < -0.3 is 0 Å². The van der Waals surface area contributed by atoms with Crippen molar-refractivity contribution in [2.24, 2.45) is 0 Å². The van der Waals surface area contributed by atoms with Crippen molar-refractivity contribution >= 4 is 23.8 Å². The molecule has 0 heterocycles. The first-order valence-corrected chi connectivity index (χ1v) is 5.60. The summed E-state index contributed by atoms with van der Waals surface area (Å²) in [6.07, 6.45) is 4.64. The minimum absolute atomic E-state index is 0.116. The van der Waals surface area contributed by atoms with E-state index in [0.29, 0.717) is 0 Å². The Morgan fingerprint density at radius 1 is 1.14 bits per heavy atom. The molecule has 0 aliphatic heterocycles. The number of thioether (sulfide) groups is 1. The van der Waals surface area contributed by atoms with Gasteiger partial charge in [-0.3, -0.25) is 9.59 Å². The van der Waals surface area contributed by atoms with Crippen LogP contribution in [0.3, 0.4) is 0 Å². The summed E-state index contributed by atoms with van der Waals surface area (Å²) in [6.45, 7) is 5.16. The lowest BCUT2D eigenvalue weighted by molar-refractivity contribution is -0.113. The van der Waals surface area contributed by atoms with Crippen LogP contribution >= 0.6 is 11.8 Å². The van der Waals surface area contributed by atoms with E-state index in [1.165, 1.54) is 0 Å². The Balaban J connectivity index is 3.71. The van der Waals surface area contributed by atoms with Crippen molar-refractivity contribution in [3.05, 3.63) is 23.3 Å². The highest BCUT2D eigenvalue weighted by Gasteiger charge is 1.93. The number of hydrogen-bond acceptors (Lipinski definition) is 3. The van der Waals surface area contributed by atoms with Gasteiger partial charge in [-0.25, -0.2) is 0 Å². The van der Waals surface area contributed by atoms with Gasteiger partial charge in [0.2, 0.25) is 0 Å². The van der Waals surface area contributed by atoms with Crippen molar-refractivity contribution in [3.8, 4) is 0 Å². The predicted octanol–water partition coefficient (Wildman–Crippen LogP) is 2.40. The minimum atomic E-state index is 0.116. The van der Waals surface area contributed by atoms with E-state index in [0.717, 1.165) is 28.9 Å². The van der Waals surface area contributed by atoms with Gasteiger partial charge in [-0.1, -0.05) is 12.2 Å². The molecule has 0 rings (SSSR count). The predicted molar refractivity (Wildman–Crippen MR) is 61.6 cm³/mol. The number of carbonyl (C=O) groups is 2. The van der Waals surface area contributed by atoms with E-state index in [9.17, 15) is 9.59 Å². The van der Waals surface area contributed by atoms with Gasteiger partial charge in [-0.05, 0) is 31.9 Å². The Labute approximate surface area is 89.5 Å². The standard InChI is InChI=1S/C11H16O2S/c1-9(8-12)4-6-14-7-5-10(2)11(3)13/h4-5,8H,6-7H2,1-3H3/b9-4+,10-5+. The number of rotatable bonds is 6. The van der Waals surface area contributed by atoms with Crippen LogP contribution in [0.25, 0.3) is 0 Å². The maximum atomic E-state index is 10.8. The summed E-state index contributed by atoms with van der Waals surface area (Å²) in [7, 11) is 0. The molecule has 3 heteroatoms. The number of Topliss-reactive ketones (excluding diaryl/α,β-unsaturated/α-hetero) is 1. The number of hydrogen-bond donors (Lipinski definition) is 0. The molecule has 14 heavy (non-hydrogen) atoms. The van der Waals surface area contributed by atoms with Crippen LogP contribution in [0.2, 0.25) is 0 Å². The van der Waals surface area contributed by atoms with Crippen molar-refractivity contribution < 1.29 is 9.59 Å². The van der Waals surface area contributed by atoms with Crippen molar-refractivity contribution in [1.29, 1.82) is 0 Å². The molecule has 78 valence electrons. The molecule has 0 N–H and O–H groups in total. The van der Waals surface area contributed by atoms with Crippen LogP contribution in [0, 0.1) is 0 Å². The second kappa shape index (κ2) is 7.56. The van der Waals surface area contributed by atoms with Gasteiger partial charge in [0.15, 0.2) is 5.78 Å². The molecular weight excluding hydrogens is 196 g/mol. The first kappa shape index (κ1) is 13.2. The molecule has 0 aliphatic carbocycles. The summed E-state index contributed by atoms with van der Waals surface area (Å²) in [4.78, 5) is 21.1. The normalized spacial score (nSPS) is 12.8. The number of ketones is 1. The molecule has 0 bridgehead atoms. The van der Waals surface area contributed by atoms with Crippen LogP contribution in [0.5, 0.6) is 0 Å². The van der Waals surface area contributed by atoms with Gasteiger partial charge in [0.25, 0.3) is 0 Å². The monoisotopic (exact) mass is 212 g/mol. The average molecular weight is 212 g/mol. The molecule has 0 aliphatic rings. The first-order chi connectivity index (χ1) is 6.57. The molecule has 0 radical (unpaired) electrons. The zero-order valence-corrected chi connectivity index (χ0v) is 9.69. The Morgan fingerprint density at radius 3 is 2.21 bits per heavy atom. The third kappa shape index (κ3) is 6.66. The molecule has 0 spiro atoms. The van der Waals surface area contributed by atoms with Gasteiger partial charge in [0.05, 0.1) is 0 Å². The van der Waals surface area contributed by atoms with Gasteiger partial charge in [0.1, 0.15) is 6.29 Å². The van der Waals surface area contributed by atoms with Crippen molar-refractivity contribution in [2.45, 2.75) is 20.8 Å². The second-order valence-corrected chi connectivity index (χ2v) is 4.12. The van der Waals surface area contributed by atoms with Gasteiger partial charge in [0, 0.05) is 11.5 Å². The molecule has 0 fully saturated rings. The van der Waals surface area contributed by atoms with Gasteiger partial charge >= 0.3 is 0 Å². The molecule has 0 aromatic heterocycles. The SMILES string of the molecule is CC(=O)/C(C)=C/CSC/C=C(\C)C=O. The fourth-order valence-corrected chi connectivity index (χ4v) is 1.52. The zero-order chi connectivity index (χ0) is 11.0. The summed E-state index contributed by atoms with van der Waals surface area (Å²) in [6, 6.07) is 0. The summed E-state index contributed by atoms with van der Waals surface area (Å²) in [5.41, 5.74) is 1.55. The van der Waals surface area contributed by atoms with E-state index < -0.39 is 0 Å². The Bertz CT molecular complexity index is 264. The fraction of sp³-hybridized carbons (Fsp3) is 0.455. The first-order valence-electron chi connectivity index (χ1n) is 4.45. The maximum absolute atomic E-state index is 10.8. The highest BCUT2D eigenvalue weighted by atomic mass is 32.2. The van der Waals surface area contributed by atoms with Crippen LogP contribution in [-0.4, -0.2) is 23.6 Å². The van der Waals surface area contributed by atoms with Crippen LogP contribution in [-0.2, 0) is 9.59 Å². The molecule has 0 saturated heterocycles. The van der Waals surface area contributed by atoms with Crippen LogP contribution in [0.1, 0.15) is 20.8 Å². The van der Waals surface area contributed by atoms with Crippen molar-refractivity contribution in [2.75, 3.05) is 11.5 Å². The van der Waals surface area contributed by atoms with E-state index >= 15 is 0 Å². The van der Waals surface area contributed by atoms with Gasteiger partial charge in [-0.15, -0.1) is 0 Å². The Morgan fingerprint density at radius 2 is 1.71 bits per heavy atom. The molecule has 0 amide bonds. The number of allylic oxidation sites excluding steroid dienone is 2. The quantitative estimate of drug-likeness (QED) is 0.385. The summed E-state index contributed by atoms with van der Waals surface area (Å²) < 4.78 is 0. The molecule has 0 atom stereocenters. The van der Waals surface area contributed by atoms with Crippen molar-refractivity contribution in [3.63, 3.8) is 0 Å². The van der Waals surface area contributed by atoms with Crippen molar-refractivity contribution in [1.82, 2.24) is 0 Å². The zero-order valence-electron chi connectivity index (χ0n) is 8.87. The maximum Gasteiger partial charge on any atom is 0.155 e. The van der Waals surface area contributed by atoms with Crippen LogP contribution in [0.15, 0.2) is 23.3 Å². The Hall–Kier alpha value is -0.830. The Kier molecular flexibility index (Phi) is 7.11. The number of aldehydes is 1.